The molecule has 0 spiro atoms. The van der Waals surface area contributed by atoms with Gasteiger partial charge in [-0.25, -0.2) is 9.97 Å². The maximum Gasteiger partial charge on any atom is 0.173 e. The molecule has 2 rings (SSSR count). The van der Waals surface area contributed by atoms with Crippen LogP contribution in [-0.2, 0) is 6.42 Å². The van der Waals surface area contributed by atoms with E-state index in [-0.39, 0.29) is 0 Å². The highest BCUT2D eigenvalue weighted by Crippen LogP contribution is 2.31. The van der Waals surface area contributed by atoms with Gasteiger partial charge in [0, 0.05) is 22.8 Å². The van der Waals surface area contributed by atoms with Gasteiger partial charge in [0.15, 0.2) is 5.82 Å². The van der Waals surface area contributed by atoms with Crippen LogP contribution >= 0.6 is 27.3 Å². The Morgan fingerprint density at radius 2 is 2.18 bits per heavy atom. The van der Waals surface area contributed by atoms with Crippen molar-refractivity contribution >= 4 is 33.1 Å². The van der Waals surface area contributed by atoms with Gasteiger partial charge >= 0.3 is 0 Å². The van der Waals surface area contributed by atoms with Crippen molar-refractivity contribution < 1.29 is 0 Å². The molecule has 0 aliphatic rings. The normalized spacial score (nSPS) is 10.5. The minimum atomic E-state index is 0.794. The lowest BCUT2D eigenvalue weighted by Gasteiger charge is -2.07. The average molecular weight is 312 g/mol. The van der Waals surface area contributed by atoms with Crippen LogP contribution in [0.15, 0.2) is 22.0 Å². The third-order valence-electron chi connectivity index (χ3n) is 2.32. The van der Waals surface area contributed by atoms with E-state index in [4.69, 9.17) is 0 Å². The number of anilines is 1. The van der Waals surface area contributed by atoms with Crippen LogP contribution in [0, 0.1) is 0 Å². The fraction of sp³-hybridized carbons (Fsp3) is 0.333. The van der Waals surface area contributed by atoms with Crippen molar-refractivity contribution in [2.24, 2.45) is 0 Å². The third-order valence-corrected chi connectivity index (χ3v) is 4.15. The van der Waals surface area contributed by atoms with E-state index in [9.17, 15) is 0 Å². The smallest absolute Gasteiger partial charge is 0.173 e. The zero-order valence-corrected chi connectivity index (χ0v) is 12.2. The Bertz CT molecular complexity index is 510. The maximum atomic E-state index is 4.57. The second kappa shape index (κ2) is 5.60. The van der Waals surface area contributed by atoms with Crippen LogP contribution in [0.3, 0.4) is 0 Å². The van der Waals surface area contributed by atoms with E-state index in [1.807, 2.05) is 17.5 Å². The van der Waals surface area contributed by atoms with Crippen molar-refractivity contribution in [3.05, 3.63) is 27.7 Å². The number of rotatable bonds is 4. The fourth-order valence-electron chi connectivity index (χ4n) is 1.51. The van der Waals surface area contributed by atoms with E-state index >= 15 is 0 Å². The Balaban J connectivity index is 2.46. The molecule has 0 aliphatic carbocycles. The molecule has 0 amide bonds. The van der Waals surface area contributed by atoms with Crippen LogP contribution in [-0.4, -0.2) is 16.5 Å². The molecule has 0 aliphatic heterocycles. The molecule has 0 radical (unpaired) electrons. The Hall–Kier alpha value is -0.940. The minimum absolute atomic E-state index is 0.794. The van der Waals surface area contributed by atoms with Crippen molar-refractivity contribution in [3.8, 4) is 10.7 Å². The molecule has 0 unspecified atom stereocenters. The first-order chi connectivity index (χ1) is 8.24. The van der Waals surface area contributed by atoms with Crippen molar-refractivity contribution in [1.82, 2.24) is 9.97 Å². The van der Waals surface area contributed by atoms with Gasteiger partial charge in [0.1, 0.15) is 5.82 Å². The summed E-state index contributed by atoms with van der Waals surface area (Å²) < 4.78 is 1.05. The maximum absolute atomic E-state index is 4.57. The van der Waals surface area contributed by atoms with E-state index < -0.39 is 0 Å². The molecule has 0 atom stereocenters. The van der Waals surface area contributed by atoms with Gasteiger partial charge in [-0.15, -0.1) is 11.3 Å². The summed E-state index contributed by atoms with van der Waals surface area (Å²) in [5.74, 6) is 1.69. The average Bonchev–Trinajstić information content (AvgIpc) is 2.75. The predicted octanol–water partition coefficient (Wildman–Crippen LogP) is 3.96. The van der Waals surface area contributed by atoms with Crippen LogP contribution in [0.5, 0.6) is 0 Å². The zero-order chi connectivity index (χ0) is 12.3. The van der Waals surface area contributed by atoms with E-state index in [0.29, 0.717) is 0 Å². The quantitative estimate of drug-likeness (QED) is 0.928. The lowest BCUT2D eigenvalue weighted by atomic mass is 10.3. The second-order valence-corrected chi connectivity index (χ2v) is 5.32. The molecular formula is C12H14BrN3S. The minimum Gasteiger partial charge on any atom is -0.370 e. The van der Waals surface area contributed by atoms with Gasteiger partial charge < -0.3 is 5.32 Å². The number of nitrogens with one attached hydrogen (secondary N) is 1. The number of thiophene rings is 1. The van der Waals surface area contributed by atoms with Crippen LogP contribution in [0.2, 0.25) is 0 Å². The molecule has 17 heavy (non-hydrogen) atoms. The van der Waals surface area contributed by atoms with Crippen molar-refractivity contribution in [2.45, 2.75) is 20.3 Å². The molecule has 5 heteroatoms. The molecule has 2 aromatic rings. The Kier molecular flexibility index (Phi) is 4.12. The van der Waals surface area contributed by atoms with Crippen molar-refractivity contribution in [3.63, 3.8) is 0 Å². The molecule has 2 heterocycles. The van der Waals surface area contributed by atoms with Gasteiger partial charge in [0.25, 0.3) is 0 Å². The predicted molar refractivity (Wildman–Crippen MR) is 76.6 cm³/mol. The van der Waals surface area contributed by atoms with Gasteiger partial charge in [0.05, 0.1) is 4.88 Å². The largest absolute Gasteiger partial charge is 0.370 e. The lowest BCUT2D eigenvalue weighted by Crippen LogP contribution is -2.03. The molecule has 0 fully saturated rings. The number of aromatic nitrogens is 2. The second-order valence-electron chi connectivity index (χ2n) is 3.55. The first kappa shape index (κ1) is 12.5. The number of aryl methyl sites for hydroxylation is 1. The first-order valence-electron chi connectivity index (χ1n) is 5.59. The van der Waals surface area contributed by atoms with E-state index in [1.54, 1.807) is 11.3 Å². The molecule has 1 N–H and O–H groups in total. The fourth-order valence-corrected chi connectivity index (χ4v) is 2.99. The molecule has 90 valence electrons. The number of halogens is 1. The zero-order valence-electron chi connectivity index (χ0n) is 9.83. The van der Waals surface area contributed by atoms with Crippen molar-refractivity contribution in [2.75, 3.05) is 11.9 Å². The van der Waals surface area contributed by atoms with Gasteiger partial charge in [-0.05, 0) is 40.7 Å². The highest BCUT2D eigenvalue weighted by molar-refractivity contribution is 9.10. The first-order valence-corrected chi connectivity index (χ1v) is 7.27. The standard InChI is InChI=1S/C12H14BrN3S/c1-3-8-7-10(14-4-2)16-12(15-8)11-9(13)5-6-17-11/h5-7H,3-4H2,1-2H3,(H,14,15,16). The van der Waals surface area contributed by atoms with Gasteiger partial charge in [-0.2, -0.15) is 0 Å². The summed E-state index contributed by atoms with van der Waals surface area (Å²) in [5.41, 5.74) is 1.06. The molecule has 2 aromatic heterocycles. The third kappa shape index (κ3) is 2.84. The summed E-state index contributed by atoms with van der Waals surface area (Å²) in [6.45, 7) is 5.03. The summed E-state index contributed by atoms with van der Waals surface area (Å²) >= 11 is 5.17. The Labute approximate surface area is 113 Å². The van der Waals surface area contributed by atoms with Gasteiger partial charge in [0.2, 0.25) is 0 Å². The molecule has 0 saturated carbocycles. The summed E-state index contributed by atoms with van der Waals surface area (Å²) in [6, 6.07) is 4.03. The van der Waals surface area contributed by atoms with Crippen LogP contribution < -0.4 is 5.32 Å². The lowest BCUT2D eigenvalue weighted by molar-refractivity contribution is 1.00. The van der Waals surface area contributed by atoms with Crippen LogP contribution in [0.25, 0.3) is 10.7 Å². The van der Waals surface area contributed by atoms with Gasteiger partial charge in [-0.3, -0.25) is 0 Å². The van der Waals surface area contributed by atoms with Crippen LogP contribution in [0.4, 0.5) is 5.82 Å². The summed E-state index contributed by atoms with van der Waals surface area (Å²) in [4.78, 5) is 10.2. The van der Waals surface area contributed by atoms with E-state index in [0.717, 1.165) is 39.7 Å². The Morgan fingerprint density at radius 1 is 1.35 bits per heavy atom. The number of nitrogens with zero attached hydrogens (tertiary/aromatic N) is 2. The SMILES string of the molecule is CCNc1cc(CC)nc(-c2sccc2Br)n1. The topological polar surface area (TPSA) is 37.8 Å². The molecule has 3 nitrogen and oxygen atoms in total. The highest BCUT2D eigenvalue weighted by Gasteiger charge is 2.10. The van der Waals surface area contributed by atoms with Gasteiger partial charge in [-0.1, -0.05) is 6.92 Å². The molecule has 0 bridgehead atoms. The molecule has 0 saturated heterocycles. The monoisotopic (exact) mass is 311 g/mol. The molecule has 0 aromatic carbocycles. The van der Waals surface area contributed by atoms with E-state index in [2.05, 4.69) is 45.1 Å². The summed E-state index contributed by atoms with van der Waals surface area (Å²) in [6.07, 6.45) is 0.914. The summed E-state index contributed by atoms with van der Waals surface area (Å²) in [5, 5.41) is 5.28. The Morgan fingerprint density at radius 3 is 2.76 bits per heavy atom. The summed E-state index contributed by atoms with van der Waals surface area (Å²) in [7, 11) is 0. The van der Waals surface area contributed by atoms with Crippen molar-refractivity contribution in [1.29, 1.82) is 0 Å². The van der Waals surface area contributed by atoms with E-state index in [1.165, 1.54) is 0 Å². The molecular weight excluding hydrogens is 298 g/mol. The number of hydrogen-bond donors (Lipinski definition) is 1. The number of hydrogen-bond acceptors (Lipinski definition) is 4. The highest BCUT2D eigenvalue weighted by atomic mass is 79.9. The van der Waals surface area contributed by atoms with Crippen LogP contribution in [0.1, 0.15) is 19.5 Å².